The van der Waals surface area contributed by atoms with Crippen molar-refractivity contribution in [3.8, 4) is 5.69 Å². The lowest BCUT2D eigenvalue weighted by Gasteiger charge is -2.13. The van der Waals surface area contributed by atoms with Crippen molar-refractivity contribution in [1.29, 1.82) is 0 Å². The molecule has 0 aliphatic carbocycles. The highest BCUT2D eigenvalue weighted by Crippen LogP contribution is 2.19. The molecule has 0 atom stereocenters. The molecular weight excluding hydrogens is 400 g/mol. The molecule has 3 aromatic carbocycles. The van der Waals surface area contributed by atoms with Gasteiger partial charge in [-0.1, -0.05) is 64.5 Å². The molecule has 0 aliphatic rings. The number of benzene rings is 3. The molecule has 0 saturated heterocycles. The zero-order chi connectivity index (χ0) is 18.8. The van der Waals surface area contributed by atoms with E-state index in [0.29, 0.717) is 16.7 Å². The first-order valence-electron chi connectivity index (χ1n) is 8.65. The quantitative estimate of drug-likeness (QED) is 0.433. The maximum absolute atomic E-state index is 13.2. The van der Waals surface area contributed by atoms with Gasteiger partial charge in [0.1, 0.15) is 5.82 Å². The minimum absolute atomic E-state index is 0.0659. The molecule has 3 nitrogen and oxygen atoms in total. The summed E-state index contributed by atoms with van der Waals surface area (Å²) in [6, 6.07) is 23.3. The Hall–Kier alpha value is -2.98. The number of rotatable bonds is 3. The van der Waals surface area contributed by atoms with Gasteiger partial charge in [0.2, 0.25) is 0 Å². The Bertz CT molecular complexity index is 1220. The molecule has 4 rings (SSSR count). The summed E-state index contributed by atoms with van der Waals surface area (Å²) in [6.45, 7) is 2.00. The number of hydrogen-bond donors (Lipinski definition) is 0. The van der Waals surface area contributed by atoms with Crippen molar-refractivity contribution in [2.45, 2.75) is 6.92 Å². The molecule has 0 unspecified atom stereocenters. The van der Waals surface area contributed by atoms with Gasteiger partial charge in [-0.15, -0.1) is 0 Å². The van der Waals surface area contributed by atoms with Gasteiger partial charge in [0.15, 0.2) is 0 Å². The minimum Gasteiger partial charge on any atom is -0.268 e. The number of fused-ring (bicyclic) bond motifs is 1. The van der Waals surface area contributed by atoms with Crippen LogP contribution < -0.4 is 5.56 Å². The summed E-state index contributed by atoms with van der Waals surface area (Å²) >= 11 is 3.49. The Morgan fingerprint density at radius 1 is 0.926 bits per heavy atom. The van der Waals surface area contributed by atoms with E-state index in [9.17, 15) is 4.79 Å². The third-order valence-corrected chi connectivity index (χ3v) is 4.92. The Morgan fingerprint density at radius 3 is 2.52 bits per heavy atom. The van der Waals surface area contributed by atoms with E-state index < -0.39 is 0 Å². The van der Waals surface area contributed by atoms with E-state index in [4.69, 9.17) is 4.98 Å². The molecule has 132 valence electrons. The van der Waals surface area contributed by atoms with Crippen molar-refractivity contribution < 1.29 is 0 Å². The van der Waals surface area contributed by atoms with Gasteiger partial charge < -0.3 is 0 Å². The number of aryl methyl sites for hydroxylation is 1. The normalized spacial score (nSPS) is 11.3. The van der Waals surface area contributed by atoms with Gasteiger partial charge in [0, 0.05) is 4.47 Å². The summed E-state index contributed by atoms with van der Waals surface area (Å²) in [5.74, 6) is 0.605. The molecule has 4 aromatic rings. The molecule has 0 N–H and O–H groups in total. The van der Waals surface area contributed by atoms with Gasteiger partial charge in [-0.25, -0.2) is 4.98 Å². The smallest absolute Gasteiger partial charge is 0.266 e. The molecule has 1 aromatic heterocycles. The third-order valence-electron chi connectivity index (χ3n) is 4.43. The lowest BCUT2D eigenvalue weighted by molar-refractivity contribution is 0.934. The van der Waals surface area contributed by atoms with E-state index in [-0.39, 0.29) is 5.56 Å². The third kappa shape index (κ3) is 3.49. The molecule has 1 heterocycles. The number of aromatic nitrogens is 2. The van der Waals surface area contributed by atoms with Gasteiger partial charge in [-0.2, -0.15) is 0 Å². The first-order chi connectivity index (χ1) is 13.1. The molecule has 0 saturated carbocycles. The zero-order valence-electron chi connectivity index (χ0n) is 14.8. The number of nitrogens with zero attached hydrogens (tertiary/aromatic N) is 2. The monoisotopic (exact) mass is 416 g/mol. The SMILES string of the molecule is Cc1ccccc1-n1c(C=Cc2cccc(Br)c2)nc2ccccc2c1=O. The molecule has 0 amide bonds. The number of para-hydroxylation sites is 2. The summed E-state index contributed by atoms with van der Waals surface area (Å²) in [4.78, 5) is 18.0. The van der Waals surface area contributed by atoms with Gasteiger partial charge >= 0.3 is 0 Å². The molecule has 0 spiro atoms. The van der Waals surface area contributed by atoms with Crippen LogP contribution in [0.4, 0.5) is 0 Å². The van der Waals surface area contributed by atoms with Crippen LogP contribution in [-0.4, -0.2) is 9.55 Å². The number of halogens is 1. The average Bonchev–Trinajstić information content (AvgIpc) is 2.68. The Kier molecular flexibility index (Phi) is 4.73. The molecular formula is C23H17BrN2O. The highest BCUT2D eigenvalue weighted by Gasteiger charge is 2.12. The van der Waals surface area contributed by atoms with E-state index in [2.05, 4.69) is 15.9 Å². The van der Waals surface area contributed by atoms with Crippen LogP contribution in [0.5, 0.6) is 0 Å². The summed E-state index contributed by atoms with van der Waals surface area (Å²) in [5, 5.41) is 0.611. The predicted octanol–water partition coefficient (Wildman–Crippen LogP) is 5.63. The molecule has 27 heavy (non-hydrogen) atoms. The van der Waals surface area contributed by atoms with Gasteiger partial charge in [-0.05, 0) is 54.5 Å². The van der Waals surface area contributed by atoms with Crippen LogP contribution in [0.3, 0.4) is 0 Å². The fourth-order valence-corrected chi connectivity index (χ4v) is 3.51. The van der Waals surface area contributed by atoms with Crippen molar-refractivity contribution in [3.63, 3.8) is 0 Å². The summed E-state index contributed by atoms with van der Waals surface area (Å²) in [5.41, 5.74) is 3.52. The van der Waals surface area contributed by atoms with E-state index in [0.717, 1.165) is 21.3 Å². The molecule has 0 fully saturated rings. The molecule has 0 bridgehead atoms. The molecule has 0 radical (unpaired) electrons. The van der Waals surface area contributed by atoms with Crippen molar-refractivity contribution in [2.75, 3.05) is 0 Å². The van der Waals surface area contributed by atoms with E-state index in [1.165, 1.54) is 0 Å². The van der Waals surface area contributed by atoms with Crippen molar-refractivity contribution in [2.24, 2.45) is 0 Å². The topological polar surface area (TPSA) is 34.9 Å². The van der Waals surface area contributed by atoms with Crippen LogP contribution >= 0.6 is 15.9 Å². The fraction of sp³-hybridized carbons (Fsp3) is 0.0435. The maximum atomic E-state index is 13.2. The predicted molar refractivity (Wildman–Crippen MR) is 115 cm³/mol. The second-order valence-electron chi connectivity index (χ2n) is 6.30. The van der Waals surface area contributed by atoms with E-state index >= 15 is 0 Å². The van der Waals surface area contributed by atoms with Crippen LogP contribution in [0, 0.1) is 6.92 Å². The van der Waals surface area contributed by atoms with Crippen molar-refractivity contribution >= 4 is 39.0 Å². The van der Waals surface area contributed by atoms with Crippen LogP contribution in [-0.2, 0) is 0 Å². The average molecular weight is 417 g/mol. The van der Waals surface area contributed by atoms with Gasteiger partial charge in [0.05, 0.1) is 16.6 Å². The summed E-state index contributed by atoms with van der Waals surface area (Å²) in [6.07, 6.45) is 3.86. The second-order valence-corrected chi connectivity index (χ2v) is 7.22. The summed E-state index contributed by atoms with van der Waals surface area (Å²) in [7, 11) is 0. The van der Waals surface area contributed by atoms with Crippen molar-refractivity contribution in [1.82, 2.24) is 9.55 Å². The largest absolute Gasteiger partial charge is 0.268 e. The Morgan fingerprint density at radius 2 is 1.70 bits per heavy atom. The highest BCUT2D eigenvalue weighted by molar-refractivity contribution is 9.10. The first-order valence-corrected chi connectivity index (χ1v) is 9.44. The standard InChI is InChI=1S/C23H17BrN2O/c1-16-7-2-5-12-21(16)26-22(14-13-17-8-6-9-18(24)15-17)25-20-11-4-3-10-19(20)23(26)27/h2-15H,1H3. The van der Waals surface area contributed by atoms with Crippen molar-refractivity contribution in [3.05, 3.63) is 105 Å². The van der Waals surface area contributed by atoms with Crippen LogP contribution in [0.15, 0.2) is 82.1 Å². The fourth-order valence-electron chi connectivity index (χ4n) is 3.09. The lowest BCUT2D eigenvalue weighted by atomic mass is 10.1. The Labute approximate surface area is 165 Å². The van der Waals surface area contributed by atoms with Gasteiger partial charge in [0.25, 0.3) is 5.56 Å². The second kappa shape index (κ2) is 7.33. The zero-order valence-corrected chi connectivity index (χ0v) is 16.3. The van der Waals surface area contributed by atoms with Crippen LogP contribution in [0.1, 0.15) is 17.0 Å². The van der Waals surface area contributed by atoms with E-state index in [1.54, 1.807) is 4.57 Å². The lowest BCUT2D eigenvalue weighted by Crippen LogP contribution is -2.23. The Balaban J connectivity index is 1.97. The molecule has 0 aliphatic heterocycles. The first kappa shape index (κ1) is 17.4. The minimum atomic E-state index is -0.0659. The summed E-state index contributed by atoms with van der Waals surface area (Å²) < 4.78 is 2.69. The maximum Gasteiger partial charge on any atom is 0.266 e. The highest BCUT2D eigenvalue weighted by atomic mass is 79.9. The van der Waals surface area contributed by atoms with Gasteiger partial charge in [-0.3, -0.25) is 9.36 Å². The van der Waals surface area contributed by atoms with Crippen LogP contribution in [0.2, 0.25) is 0 Å². The molecule has 4 heteroatoms. The van der Waals surface area contributed by atoms with Crippen LogP contribution in [0.25, 0.3) is 28.7 Å². The van der Waals surface area contributed by atoms with E-state index in [1.807, 2.05) is 91.9 Å². The number of hydrogen-bond acceptors (Lipinski definition) is 2.